The second-order valence-corrected chi connectivity index (χ2v) is 8.94. The van der Waals surface area contributed by atoms with E-state index in [2.05, 4.69) is 109 Å². The summed E-state index contributed by atoms with van der Waals surface area (Å²) < 4.78 is 2.40. The molecule has 1 aromatic heterocycles. The number of nitrogens with zero attached hydrogens (tertiary/aromatic N) is 1. The predicted molar refractivity (Wildman–Crippen MR) is 129 cm³/mol. The van der Waals surface area contributed by atoms with Gasteiger partial charge in [-0.2, -0.15) is 0 Å². The molecule has 0 spiro atoms. The second kappa shape index (κ2) is 6.21. The molecule has 0 saturated carbocycles. The van der Waals surface area contributed by atoms with E-state index < -0.39 is 0 Å². The molecule has 1 unspecified atom stereocenters. The molecule has 7 rings (SSSR count). The Morgan fingerprint density at radius 3 is 1.77 bits per heavy atom. The van der Waals surface area contributed by atoms with Gasteiger partial charge in [0.2, 0.25) is 0 Å². The highest BCUT2D eigenvalue weighted by atomic mass is 15.0. The van der Waals surface area contributed by atoms with Gasteiger partial charge < -0.3 is 4.57 Å². The molecule has 31 heavy (non-hydrogen) atoms. The molecular weight excluding hydrogens is 374 g/mol. The van der Waals surface area contributed by atoms with E-state index in [1.165, 1.54) is 55.5 Å². The summed E-state index contributed by atoms with van der Waals surface area (Å²) >= 11 is 0. The maximum atomic E-state index is 2.40. The third-order valence-electron chi connectivity index (χ3n) is 7.52. The van der Waals surface area contributed by atoms with Crippen LogP contribution in [0, 0.1) is 0 Å². The van der Waals surface area contributed by atoms with Crippen molar-refractivity contribution in [2.75, 3.05) is 0 Å². The highest BCUT2D eigenvalue weighted by Crippen LogP contribution is 2.55. The van der Waals surface area contributed by atoms with Crippen molar-refractivity contribution in [2.45, 2.75) is 18.3 Å². The fraction of sp³-hybridized carbons (Fsp3) is 0.133. The Morgan fingerprint density at radius 2 is 1.10 bits per heavy atom. The van der Waals surface area contributed by atoms with Crippen LogP contribution < -0.4 is 0 Å². The summed E-state index contributed by atoms with van der Waals surface area (Å²) in [4.78, 5) is 0. The van der Waals surface area contributed by atoms with Gasteiger partial charge in [-0.25, -0.2) is 0 Å². The third-order valence-corrected chi connectivity index (χ3v) is 7.52. The summed E-state index contributed by atoms with van der Waals surface area (Å²) in [6.07, 6.45) is 1.10. The first kappa shape index (κ1) is 17.1. The molecule has 1 nitrogen and oxygen atoms in total. The molecule has 0 saturated heterocycles. The van der Waals surface area contributed by atoms with Gasteiger partial charge in [0.15, 0.2) is 0 Å². The lowest BCUT2D eigenvalue weighted by Crippen LogP contribution is -2.05. The molecular formula is C30H23N. The van der Waals surface area contributed by atoms with Gasteiger partial charge in [0.05, 0.1) is 5.69 Å². The Morgan fingerprint density at radius 1 is 0.581 bits per heavy atom. The van der Waals surface area contributed by atoms with E-state index in [-0.39, 0.29) is 0 Å². The molecule has 0 bridgehead atoms. The lowest BCUT2D eigenvalue weighted by Gasteiger charge is -2.20. The number of hydrogen-bond donors (Lipinski definition) is 0. The number of rotatable bonds is 2. The zero-order chi connectivity index (χ0) is 20.5. The molecule has 1 heteroatoms. The predicted octanol–water partition coefficient (Wildman–Crippen LogP) is 7.49. The van der Waals surface area contributed by atoms with Gasteiger partial charge >= 0.3 is 0 Å². The molecule has 0 aliphatic heterocycles. The fourth-order valence-corrected chi connectivity index (χ4v) is 6.27. The minimum absolute atomic E-state index is 0.404. The maximum Gasteiger partial charge on any atom is 0.0530 e. The van der Waals surface area contributed by atoms with E-state index >= 15 is 0 Å². The Hall–Kier alpha value is -3.58. The van der Waals surface area contributed by atoms with Gasteiger partial charge in [0.25, 0.3) is 0 Å². The summed E-state index contributed by atoms with van der Waals surface area (Å²) in [6.45, 7) is 0. The van der Waals surface area contributed by atoms with E-state index in [4.69, 9.17) is 0 Å². The van der Waals surface area contributed by atoms with Crippen LogP contribution in [0.3, 0.4) is 0 Å². The first-order valence-electron chi connectivity index (χ1n) is 11.2. The normalized spacial score (nSPS) is 16.2. The topological polar surface area (TPSA) is 4.93 Å². The van der Waals surface area contributed by atoms with Crippen molar-refractivity contribution in [2.24, 2.45) is 7.05 Å². The summed E-state index contributed by atoms with van der Waals surface area (Å²) in [6, 6.07) is 36.0. The van der Waals surface area contributed by atoms with Crippen molar-refractivity contribution in [3.63, 3.8) is 0 Å². The monoisotopic (exact) mass is 397 g/mol. The molecule has 0 radical (unpaired) electrons. The Kier molecular flexibility index (Phi) is 3.43. The average Bonchev–Trinajstić information content (AvgIpc) is 3.43. The van der Waals surface area contributed by atoms with E-state index in [1.807, 2.05) is 0 Å². The van der Waals surface area contributed by atoms with E-state index in [1.54, 1.807) is 0 Å². The van der Waals surface area contributed by atoms with Gasteiger partial charge in [0.1, 0.15) is 0 Å². The molecule has 5 aromatic rings. The molecule has 1 atom stereocenters. The summed E-state index contributed by atoms with van der Waals surface area (Å²) in [5.41, 5.74) is 12.9. The van der Waals surface area contributed by atoms with Crippen LogP contribution in [0.5, 0.6) is 0 Å². The van der Waals surface area contributed by atoms with Crippen molar-refractivity contribution >= 4 is 10.9 Å². The number of para-hydroxylation sites is 1. The first-order chi connectivity index (χ1) is 15.3. The Bertz CT molecular complexity index is 1440. The lowest BCUT2D eigenvalue weighted by molar-refractivity contribution is 0.666. The molecule has 4 aromatic carbocycles. The molecule has 2 aliphatic rings. The van der Waals surface area contributed by atoms with Crippen LogP contribution in [-0.4, -0.2) is 4.57 Å². The van der Waals surface area contributed by atoms with Gasteiger partial charge in [-0.05, 0) is 45.9 Å². The molecule has 0 N–H and O–H groups in total. The summed E-state index contributed by atoms with van der Waals surface area (Å²) in [5, 5.41) is 1.40. The number of aromatic nitrogens is 1. The quantitative estimate of drug-likeness (QED) is 0.291. The van der Waals surface area contributed by atoms with Crippen molar-refractivity contribution in [1.82, 2.24) is 4.57 Å². The van der Waals surface area contributed by atoms with E-state index in [0.29, 0.717) is 11.8 Å². The largest absolute Gasteiger partial charge is 0.343 e. The van der Waals surface area contributed by atoms with Gasteiger partial charge in [-0.3, -0.25) is 0 Å². The van der Waals surface area contributed by atoms with Crippen LogP contribution in [0.15, 0.2) is 97.1 Å². The van der Waals surface area contributed by atoms with Crippen LogP contribution >= 0.6 is 0 Å². The van der Waals surface area contributed by atoms with Gasteiger partial charge in [-0.1, -0.05) is 91.0 Å². The van der Waals surface area contributed by atoms with Crippen molar-refractivity contribution in [3.8, 4) is 22.4 Å². The standard InChI is InChI=1S/C30H23N/c1-31-28-17-9-8-16-25(28)29-27(23-14-6-7-15-24(23)30(29)31)18-26-21-12-4-2-10-19(21)20-11-3-5-13-22(20)26/h2-17,26-27H,18H2,1H3. The van der Waals surface area contributed by atoms with Crippen molar-refractivity contribution < 1.29 is 0 Å². The maximum absolute atomic E-state index is 2.40. The Labute approximate surface area is 182 Å². The molecule has 2 aliphatic carbocycles. The van der Waals surface area contributed by atoms with Crippen molar-refractivity contribution in [3.05, 3.63) is 119 Å². The summed E-state index contributed by atoms with van der Waals surface area (Å²) in [5.74, 6) is 0.830. The third kappa shape index (κ3) is 2.21. The van der Waals surface area contributed by atoms with Crippen LogP contribution in [-0.2, 0) is 7.05 Å². The molecule has 0 amide bonds. The minimum Gasteiger partial charge on any atom is -0.343 e. The Balaban J connectivity index is 1.46. The molecule has 1 heterocycles. The van der Waals surface area contributed by atoms with Gasteiger partial charge in [-0.15, -0.1) is 0 Å². The number of benzene rings is 4. The van der Waals surface area contributed by atoms with Crippen LogP contribution in [0.1, 0.15) is 40.5 Å². The van der Waals surface area contributed by atoms with Gasteiger partial charge in [0, 0.05) is 35.3 Å². The number of fused-ring (bicyclic) bond motifs is 8. The van der Waals surface area contributed by atoms with Crippen molar-refractivity contribution in [1.29, 1.82) is 0 Å². The van der Waals surface area contributed by atoms with Crippen LogP contribution in [0.2, 0.25) is 0 Å². The van der Waals surface area contributed by atoms with Crippen LogP contribution in [0.25, 0.3) is 33.3 Å². The second-order valence-electron chi connectivity index (χ2n) is 8.94. The summed E-state index contributed by atoms with van der Waals surface area (Å²) in [7, 11) is 2.22. The highest BCUT2D eigenvalue weighted by Gasteiger charge is 2.38. The average molecular weight is 398 g/mol. The van der Waals surface area contributed by atoms with E-state index in [9.17, 15) is 0 Å². The fourth-order valence-electron chi connectivity index (χ4n) is 6.27. The smallest absolute Gasteiger partial charge is 0.0530 e. The number of hydrogen-bond acceptors (Lipinski definition) is 0. The first-order valence-corrected chi connectivity index (χ1v) is 11.2. The molecule has 0 fully saturated rings. The minimum atomic E-state index is 0.404. The lowest BCUT2D eigenvalue weighted by atomic mass is 9.82. The van der Waals surface area contributed by atoms with Crippen LogP contribution in [0.4, 0.5) is 0 Å². The van der Waals surface area contributed by atoms with E-state index in [0.717, 1.165) is 6.42 Å². The molecule has 148 valence electrons. The zero-order valence-electron chi connectivity index (χ0n) is 17.5. The zero-order valence-corrected chi connectivity index (χ0v) is 17.5. The highest BCUT2D eigenvalue weighted by molar-refractivity contribution is 5.96. The SMILES string of the molecule is Cn1c2c(c3ccccc31)C(CC1c3ccccc3-c3ccccc31)c1ccccc1-2. The number of aryl methyl sites for hydroxylation is 1.